The third kappa shape index (κ3) is 4.35. The molecular weight excluding hydrogens is 425 g/mol. The molecule has 0 spiro atoms. The lowest BCUT2D eigenvalue weighted by Crippen LogP contribution is -2.05. The van der Waals surface area contributed by atoms with Crippen LogP contribution in [0.25, 0.3) is 0 Å². The Morgan fingerprint density at radius 2 is 1.71 bits per heavy atom. The van der Waals surface area contributed by atoms with E-state index in [1.807, 2.05) is 0 Å². The molecule has 4 nitrogen and oxygen atoms in total. The maximum Gasteiger partial charge on any atom is 0.339 e. The van der Waals surface area contributed by atoms with E-state index in [1.54, 1.807) is 0 Å². The second-order valence-electron chi connectivity index (χ2n) is 4.54. The lowest BCUT2D eigenvalue weighted by Gasteiger charge is -2.40. The van der Waals surface area contributed by atoms with Gasteiger partial charge in [0.05, 0.1) is 17.1 Å². The molecule has 1 heterocycles. The molecule has 0 aliphatic rings. The van der Waals surface area contributed by atoms with Crippen LogP contribution in [0.2, 0.25) is 0 Å². The summed E-state index contributed by atoms with van der Waals surface area (Å²) in [5.41, 5.74) is 0.119. The Morgan fingerprint density at radius 3 is 2.17 bits per heavy atom. The van der Waals surface area contributed by atoms with Crippen LogP contribution in [0, 0.1) is 0 Å². The van der Waals surface area contributed by atoms with Crippen molar-refractivity contribution in [1.29, 1.82) is 0 Å². The highest BCUT2D eigenvalue weighted by molar-refractivity contribution is 9.10. The Hall–Kier alpha value is -1.88. The van der Waals surface area contributed by atoms with Crippen LogP contribution in [0.4, 0.5) is 19.4 Å². The predicted molar refractivity (Wildman–Crippen MR) is 81.2 cm³/mol. The lowest BCUT2D eigenvalue weighted by molar-refractivity contribution is 0.0600. The number of halogens is 6. The van der Waals surface area contributed by atoms with Crippen LogP contribution in [0.5, 0.6) is 11.6 Å². The van der Waals surface area contributed by atoms with Crippen LogP contribution in [0.3, 0.4) is 0 Å². The van der Waals surface area contributed by atoms with Gasteiger partial charge in [-0.15, -0.1) is 0 Å². The summed E-state index contributed by atoms with van der Waals surface area (Å²) in [4.78, 5) is 13.1. The molecule has 0 amide bonds. The molecule has 0 bridgehead atoms. The van der Waals surface area contributed by atoms with Crippen molar-refractivity contribution in [2.75, 3.05) is 7.11 Å². The zero-order chi connectivity index (χ0) is 18.2. The zero-order valence-electron chi connectivity index (χ0n) is 11.8. The Kier molecular flexibility index (Phi) is 4.09. The number of aromatic nitrogens is 1. The first kappa shape index (κ1) is 18.5. The van der Waals surface area contributed by atoms with Gasteiger partial charge in [0.1, 0.15) is 10.6 Å². The summed E-state index contributed by atoms with van der Waals surface area (Å²) >= 11 is 3.08. The van der Waals surface area contributed by atoms with E-state index >= 15 is 0 Å². The highest BCUT2D eigenvalue weighted by Crippen LogP contribution is 3.02. The fourth-order valence-corrected chi connectivity index (χ4v) is 2.69. The maximum absolute atomic E-state index is 12.6. The summed E-state index contributed by atoms with van der Waals surface area (Å²) in [7, 11) is -8.54. The van der Waals surface area contributed by atoms with Gasteiger partial charge in [-0.3, -0.25) is 0 Å². The molecule has 24 heavy (non-hydrogen) atoms. The summed E-state index contributed by atoms with van der Waals surface area (Å²) in [6.07, 6.45) is 1.13. The smallest absolute Gasteiger partial charge is 0.339 e. The van der Waals surface area contributed by atoms with E-state index < -0.39 is 21.1 Å². The van der Waals surface area contributed by atoms with E-state index in [1.165, 1.54) is 13.2 Å². The third-order valence-electron chi connectivity index (χ3n) is 2.71. The van der Waals surface area contributed by atoms with Gasteiger partial charge >= 0.3 is 16.2 Å². The van der Waals surface area contributed by atoms with E-state index in [4.69, 9.17) is 4.74 Å². The number of esters is 1. The second kappa shape index (κ2) is 5.31. The van der Waals surface area contributed by atoms with Crippen LogP contribution < -0.4 is 4.74 Å². The van der Waals surface area contributed by atoms with Gasteiger partial charge in [-0.05, 0) is 46.3 Å². The van der Waals surface area contributed by atoms with Crippen LogP contribution in [0.15, 0.2) is 45.9 Å². The second-order valence-corrected chi connectivity index (χ2v) is 7.81. The minimum atomic E-state index is -9.72. The molecule has 2 aromatic rings. The van der Waals surface area contributed by atoms with Crippen molar-refractivity contribution in [2.24, 2.45) is 0 Å². The van der Waals surface area contributed by atoms with Crippen molar-refractivity contribution in [1.82, 2.24) is 4.98 Å². The van der Waals surface area contributed by atoms with Gasteiger partial charge in [-0.25, -0.2) is 9.78 Å². The van der Waals surface area contributed by atoms with Crippen LogP contribution in [-0.4, -0.2) is 18.1 Å². The highest BCUT2D eigenvalue weighted by atomic mass is 79.9. The molecule has 1 aromatic carbocycles. The summed E-state index contributed by atoms with van der Waals surface area (Å²) in [5, 5.41) is 0. The Labute approximate surface area is 141 Å². The van der Waals surface area contributed by atoms with Crippen LogP contribution >= 0.6 is 26.2 Å². The number of pyridine rings is 1. The van der Waals surface area contributed by atoms with Gasteiger partial charge < -0.3 is 9.47 Å². The molecule has 11 heteroatoms. The normalized spacial score (nSPS) is 14.5. The molecule has 0 radical (unpaired) electrons. The molecule has 0 fully saturated rings. The molecule has 0 aliphatic carbocycles. The van der Waals surface area contributed by atoms with Crippen molar-refractivity contribution in [3.63, 3.8) is 0 Å². The Morgan fingerprint density at radius 1 is 1.12 bits per heavy atom. The van der Waals surface area contributed by atoms with Crippen molar-refractivity contribution in [3.8, 4) is 11.6 Å². The number of hydrogen-bond acceptors (Lipinski definition) is 4. The van der Waals surface area contributed by atoms with Crippen LogP contribution in [-0.2, 0) is 4.74 Å². The number of rotatable bonds is 4. The molecule has 0 saturated heterocycles. The minimum absolute atomic E-state index is 0.0669. The van der Waals surface area contributed by atoms with Crippen molar-refractivity contribution < 1.29 is 33.7 Å². The Bertz CT molecular complexity index is 796. The molecule has 0 saturated carbocycles. The quantitative estimate of drug-likeness (QED) is 0.432. The number of benzene rings is 1. The first-order valence-corrected chi connectivity index (χ1v) is 8.80. The van der Waals surface area contributed by atoms with Gasteiger partial charge in [-0.2, -0.15) is 0 Å². The van der Waals surface area contributed by atoms with Gasteiger partial charge in [0.15, 0.2) is 0 Å². The molecule has 2 rings (SSSR count). The van der Waals surface area contributed by atoms with Crippen molar-refractivity contribution in [3.05, 3.63) is 46.6 Å². The first-order chi connectivity index (χ1) is 10.8. The van der Waals surface area contributed by atoms with Gasteiger partial charge in [0, 0.05) is 6.20 Å². The van der Waals surface area contributed by atoms with Gasteiger partial charge in [0.2, 0.25) is 5.88 Å². The molecule has 132 valence electrons. The molecule has 0 N–H and O–H groups in total. The lowest BCUT2D eigenvalue weighted by atomic mass is 10.3. The standard InChI is InChI=1S/C13H9BrF5NO3S/c1-22-13(21)8-6-11(14)12(20-7-8)23-9-2-4-10(5-3-9)24(15,16,17,18)19/h2-7H,1H3. The average Bonchev–Trinajstić information content (AvgIpc) is 2.46. The number of hydrogen-bond donors (Lipinski definition) is 0. The number of methoxy groups -OCH3 is 1. The molecule has 0 aliphatic heterocycles. The monoisotopic (exact) mass is 433 g/mol. The SMILES string of the molecule is COC(=O)c1cnc(Oc2ccc(S(F)(F)(F)(F)F)cc2)c(Br)c1. The summed E-state index contributed by atoms with van der Waals surface area (Å²) in [6.45, 7) is 0. The van der Waals surface area contributed by atoms with Gasteiger partial charge in [0.25, 0.3) is 0 Å². The molecule has 1 aromatic heterocycles. The van der Waals surface area contributed by atoms with Crippen molar-refractivity contribution in [2.45, 2.75) is 4.90 Å². The fourth-order valence-electron chi connectivity index (χ4n) is 1.61. The van der Waals surface area contributed by atoms with E-state index in [0.717, 1.165) is 18.3 Å². The van der Waals surface area contributed by atoms with Crippen LogP contribution in [0.1, 0.15) is 10.4 Å². The largest absolute Gasteiger partial charge is 0.465 e. The van der Waals surface area contributed by atoms with Crippen molar-refractivity contribution >= 4 is 32.1 Å². The summed E-state index contributed by atoms with van der Waals surface area (Å²) in [6, 6.07) is 3.28. The molecule has 0 atom stereocenters. The number of ether oxygens (including phenoxy) is 2. The van der Waals surface area contributed by atoms with E-state index in [-0.39, 0.29) is 33.8 Å². The van der Waals surface area contributed by atoms with E-state index in [2.05, 4.69) is 25.7 Å². The topological polar surface area (TPSA) is 48.4 Å². The maximum atomic E-state index is 12.6. The minimum Gasteiger partial charge on any atom is -0.465 e. The van der Waals surface area contributed by atoms with E-state index in [0.29, 0.717) is 0 Å². The number of carbonyl (C=O) groups is 1. The first-order valence-electron chi connectivity index (χ1n) is 6.06. The fraction of sp³-hybridized carbons (Fsp3) is 0.0769. The molecular formula is C13H9BrF5NO3S. The summed E-state index contributed by atoms with van der Waals surface area (Å²) in [5.74, 6) is -0.850. The highest BCUT2D eigenvalue weighted by Gasteiger charge is 2.65. The van der Waals surface area contributed by atoms with Gasteiger partial charge in [-0.1, -0.05) is 19.4 Å². The molecule has 0 unspecified atom stereocenters. The predicted octanol–water partition coefficient (Wildman–Crippen LogP) is 6.08. The van der Waals surface area contributed by atoms with E-state index in [9.17, 15) is 24.2 Å². The average molecular weight is 434 g/mol. The number of carbonyl (C=O) groups excluding carboxylic acids is 1. The zero-order valence-corrected chi connectivity index (χ0v) is 14.2. The number of nitrogens with zero attached hydrogens (tertiary/aromatic N) is 1. The third-order valence-corrected chi connectivity index (χ3v) is 4.44. The summed E-state index contributed by atoms with van der Waals surface area (Å²) < 4.78 is 73.0. The Balaban J connectivity index is 2.26.